The number of aliphatic carboxylic acids is 1. The summed E-state index contributed by atoms with van der Waals surface area (Å²) < 4.78 is 0. The van der Waals surface area contributed by atoms with Crippen molar-refractivity contribution in [2.75, 3.05) is 6.54 Å². The summed E-state index contributed by atoms with van der Waals surface area (Å²) in [6.45, 7) is 0.467. The van der Waals surface area contributed by atoms with Crippen molar-refractivity contribution in [2.45, 2.75) is 12.2 Å². The van der Waals surface area contributed by atoms with Gasteiger partial charge in [0, 0.05) is 6.54 Å². The first-order valence-corrected chi connectivity index (χ1v) is 4.54. The minimum absolute atomic E-state index is 0. The number of nitrogens with one attached hydrogen (secondary N) is 2. The van der Waals surface area contributed by atoms with E-state index in [1.54, 1.807) is 0 Å². The van der Waals surface area contributed by atoms with Crippen LogP contribution in [0.2, 0.25) is 0 Å². The van der Waals surface area contributed by atoms with E-state index in [4.69, 9.17) is 5.11 Å². The summed E-state index contributed by atoms with van der Waals surface area (Å²) >= 11 is 0. The highest BCUT2D eigenvalue weighted by Crippen LogP contribution is 2.14. The molecular formula is C10H13ClN2O2. The number of hydrogen-bond acceptors (Lipinski definition) is 3. The molecule has 1 fully saturated rings. The standard InChI is InChI=1S/C10H12N2O2.ClH/c13-10(14)8-6-11-9(12-8)7-4-2-1-3-5-7;/h1-5,8-9,11-12H,6H2,(H,13,14);1H. The molecule has 1 heterocycles. The van der Waals surface area contributed by atoms with Gasteiger partial charge in [0.1, 0.15) is 6.04 Å². The summed E-state index contributed by atoms with van der Waals surface area (Å²) in [5.74, 6) is -0.809. The van der Waals surface area contributed by atoms with Gasteiger partial charge < -0.3 is 5.11 Å². The van der Waals surface area contributed by atoms with E-state index in [0.717, 1.165) is 5.56 Å². The predicted octanol–water partition coefficient (Wildman–Crippen LogP) is 0.753. The van der Waals surface area contributed by atoms with Crippen LogP contribution in [0.4, 0.5) is 0 Å². The maximum absolute atomic E-state index is 10.7. The van der Waals surface area contributed by atoms with Crippen LogP contribution in [0.5, 0.6) is 0 Å². The Hall–Kier alpha value is -1.10. The Morgan fingerprint density at radius 3 is 2.53 bits per heavy atom. The molecule has 1 aromatic carbocycles. The van der Waals surface area contributed by atoms with Gasteiger partial charge >= 0.3 is 5.97 Å². The van der Waals surface area contributed by atoms with Crippen molar-refractivity contribution in [3.8, 4) is 0 Å². The van der Waals surface area contributed by atoms with Gasteiger partial charge in [-0.15, -0.1) is 12.4 Å². The largest absolute Gasteiger partial charge is 0.480 e. The highest BCUT2D eigenvalue weighted by molar-refractivity contribution is 5.85. The summed E-state index contributed by atoms with van der Waals surface area (Å²) in [5, 5.41) is 14.9. The average Bonchev–Trinajstić information content (AvgIpc) is 2.68. The summed E-state index contributed by atoms with van der Waals surface area (Å²) in [6.07, 6.45) is -0.0442. The van der Waals surface area contributed by atoms with Gasteiger partial charge in [-0.3, -0.25) is 15.4 Å². The van der Waals surface area contributed by atoms with Crippen LogP contribution >= 0.6 is 12.4 Å². The number of rotatable bonds is 2. The fourth-order valence-corrected chi connectivity index (χ4v) is 1.57. The van der Waals surface area contributed by atoms with Crippen molar-refractivity contribution < 1.29 is 9.90 Å². The molecule has 1 aromatic rings. The molecule has 1 aliphatic rings. The summed E-state index contributed by atoms with van der Waals surface area (Å²) in [7, 11) is 0. The Labute approximate surface area is 94.1 Å². The Bertz CT molecular complexity index is 331. The van der Waals surface area contributed by atoms with Gasteiger partial charge in [-0.1, -0.05) is 30.3 Å². The molecule has 15 heavy (non-hydrogen) atoms. The number of hydrogen-bond donors (Lipinski definition) is 3. The van der Waals surface area contributed by atoms with Gasteiger partial charge in [0.15, 0.2) is 0 Å². The summed E-state index contributed by atoms with van der Waals surface area (Å²) in [6, 6.07) is 9.26. The van der Waals surface area contributed by atoms with E-state index in [2.05, 4.69) is 10.6 Å². The van der Waals surface area contributed by atoms with E-state index < -0.39 is 12.0 Å². The van der Waals surface area contributed by atoms with Gasteiger partial charge in [-0.25, -0.2) is 0 Å². The molecule has 3 N–H and O–H groups in total. The zero-order valence-electron chi connectivity index (χ0n) is 8.01. The summed E-state index contributed by atoms with van der Waals surface area (Å²) in [4.78, 5) is 10.7. The lowest BCUT2D eigenvalue weighted by molar-refractivity contribution is -0.138. The highest BCUT2D eigenvalue weighted by atomic mass is 35.5. The van der Waals surface area contributed by atoms with Crippen molar-refractivity contribution >= 4 is 18.4 Å². The van der Waals surface area contributed by atoms with Crippen molar-refractivity contribution in [1.29, 1.82) is 0 Å². The molecule has 0 bridgehead atoms. The van der Waals surface area contributed by atoms with Crippen LogP contribution in [0.3, 0.4) is 0 Å². The normalized spacial score (nSPS) is 24.5. The molecule has 0 amide bonds. The molecule has 0 radical (unpaired) electrons. The van der Waals surface area contributed by atoms with Crippen LogP contribution in [0, 0.1) is 0 Å². The molecule has 1 aliphatic heterocycles. The second kappa shape index (κ2) is 5.11. The quantitative estimate of drug-likeness (QED) is 0.699. The minimum Gasteiger partial charge on any atom is -0.480 e. The number of carboxylic acids is 1. The lowest BCUT2D eigenvalue weighted by atomic mass is 10.2. The van der Waals surface area contributed by atoms with Crippen molar-refractivity contribution in [3.05, 3.63) is 35.9 Å². The number of carbonyl (C=O) groups is 1. The molecule has 5 heteroatoms. The maximum Gasteiger partial charge on any atom is 0.322 e. The van der Waals surface area contributed by atoms with E-state index in [-0.39, 0.29) is 18.6 Å². The van der Waals surface area contributed by atoms with Gasteiger partial charge in [-0.2, -0.15) is 0 Å². The van der Waals surface area contributed by atoms with Gasteiger partial charge in [0.05, 0.1) is 6.17 Å². The number of carboxylic acid groups (broad SMARTS) is 1. The van der Waals surface area contributed by atoms with Crippen molar-refractivity contribution in [1.82, 2.24) is 10.6 Å². The smallest absolute Gasteiger partial charge is 0.322 e. The zero-order chi connectivity index (χ0) is 9.97. The molecule has 0 saturated carbocycles. The number of halogens is 1. The lowest BCUT2D eigenvalue weighted by Crippen LogP contribution is -2.33. The van der Waals surface area contributed by atoms with Crippen LogP contribution in [0.25, 0.3) is 0 Å². The van der Waals surface area contributed by atoms with Gasteiger partial charge in [0.2, 0.25) is 0 Å². The third-order valence-electron chi connectivity index (χ3n) is 2.32. The molecule has 2 rings (SSSR count). The Morgan fingerprint density at radius 2 is 2.00 bits per heavy atom. The maximum atomic E-state index is 10.7. The van der Waals surface area contributed by atoms with Crippen LogP contribution < -0.4 is 10.6 Å². The first-order chi connectivity index (χ1) is 6.77. The molecule has 4 nitrogen and oxygen atoms in total. The van der Waals surface area contributed by atoms with E-state index in [1.165, 1.54) is 0 Å². The Morgan fingerprint density at radius 1 is 1.33 bits per heavy atom. The molecule has 2 unspecified atom stereocenters. The molecule has 0 aromatic heterocycles. The van der Waals surface area contributed by atoms with E-state index in [9.17, 15) is 4.79 Å². The number of benzene rings is 1. The van der Waals surface area contributed by atoms with Crippen molar-refractivity contribution in [2.24, 2.45) is 0 Å². The monoisotopic (exact) mass is 228 g/mol. The first kappa shape index (κ1) is 12.0. The second-order valence-corrected chi connectivity index (χ2v) is 3.31. The molecular weight excluding hydrogens is 216 g/mol. The Kier molecular flexibility index (Phi) is 4.08. The van der Waals surface area contributed by atoms with E-state index >= 15 is 0 Å². The highest BCUT2D eigenvalue weighted by Gasteiger charge is 2.28. The molecule has 2 atom stereocenters. The summed E-state index contributed by atoms with van der Waals surface area (Å²) in [5.41, 5.74) is 1.07. The molecule has 0 aliphatic carbocycles. The minimum atomic E-state index is -0.809. The zero-order valence-corrected chi connectivity index (χ0v) is 8.83. The molecule has 0 spiro atoms. The van der Waals surface area contributed by atoms with Crippen LogP contribution in [-0.4, -0.2) is 23.7 Å². The SMILES string of the molecule is Cl.O=C(O)C1CNC(c2ccccc2)N1. The van der Waals surface area contributed by atoms with Crippen LogP contribution in [-0.2, 0) is 4.79 Å². The van der Waals surface area contributed by atoms with Crippen LogP contribution in [0.1, 0.15) is 11.7 Å². The third kappa shape index (κ3) is 2.68. The van der Waals surface area contributed by atoms with Crippen LogP contribution in [0.15, 0.2) is 30.3 Å². The fourth-order valence-electron chi connectivity index (χ4n) is 1.57. The first-order valence-electron chi connectivity index (χ1n) is 4.54. The average molecular weight is 229 g/mol. The molecule has 1 saturated heterocycles. The van der Waals surface area contributed by atoms with E-state index in [1.807, 2.05) is 30.3 Å². The second-order valence-electron chi connectivity index (χ2n) is 3.31. The topological polar surface area (TPSA) is 61.4 Å². The fraction of sp³-hybridized carbons (Fsp3) is 0.300. The van der Waals surface area contributed by atoms with Crippen molar-refractivity contribution in [3.63, 3.8) is 0 Å². The lowest BCUT2D eigenvalue weighted by Gasteiger charge is -2.11. The van der Waals surface area contributed by atoms with Gasteiger partial charge in [-0.05, 0) is 5.56 Å². The third-order valence-corrected chi connectivity index (χ3v) is 2.32. The van der Waals surface area contributed by atoms with Gasteiger partial charge in [0.25, 0.3) is 0 Å². The molecule has 82 valence electrons. The predicted molar refractivity (Wildman–Crippen MR) is 59.0 cm³/mol. The Balaban J connectivity index is 0.00000112. The van der Waals surface area contributed by atoms with E-state index in [0.29, 0.717) is 6.54 Å².